The highest BCUT2D eigenvalue weighted by Gasteiger charge is 2.31. The Kier molecular flexibility index (Phi) is 7.96. The number of benzene rings is 2. The van der Waals surface area contributed by atoms with Gasteiger partial charge in [-0.3, -0.25) is 4.79 Å². The van der Waals surface area contributed by atoms with Gasteiger partial charge in [-0.25, -0.2) is 17.5 Å². The normalized spacial score (nSPS) is 13.2. The second-order valence-corrected chi connectivity index (χ2v) is 8.45. The number of hydrogen-bond acceptors (Lipinski definition) is 3. The van der Waals surface area contributed by atoms with Crippen molar-refractivity contribution in [3.63, 3.8) is 0 Å². The van der Waals surface area contributed by atoms with Gasteiger partial charge < -0.3 is 5.11 Å². The number of alkyl halides is 3. The number of aliphatic carboxylic acids is 1. The van der Waals surface area contributed by atoms with Gasteiger partial charge in [0.1, 0.15) is 5.82 Å². The molecule has 10 heteroatoms. The number of halogens is 4. The lowest BCUT2D eigenvalue weighted by molar-refractivity contribution is -0.138. The third-order valence-electron chi connectivity index (χ3n) is 4.45. The minimum absolute atomic E-state index is 0.00149. The van der Waals surface area contributed by atoms with Gasteiger partial charge in [-0.1, -0.05) is 25.0 Å². The molecule has 0 aromatic heterocycles. The van der Waals surface area contributed by atoms with Crippen LogP contribution >= 0.6 is 0 Å². The first-order valence-corrected chi connectivity index (χ1v) is 10.6. The second-order valence-electron chi connectivity index (χ2n) is 6.74. The van der Waals surface area contributed by atoms with Crippen LogP contribution in [0.25, 0.3) is 0 Å². The zero-order valence-corrected chi connectivity index (χ0v) is 16.6. The van der Waals surface area contributed by atoms with Crippen LogP contribution in [0, 0.1) is 5.82 Å². The summed E-state index contributed by atoms with van der Waals surface area (Å²) in [5.74, 6) is -1.42. The number of unbranched alkanes of at least 4 members (excludes halogenated alkanes) is 2. The first-order valence-electron chi connectivity index (χ1n) is 9.16. The van der Waals surface area contributed by atoms with E-state index < -0.39 is 39.6 Å². The summed E-state index contributed by atoms with van der Waals surface area (Å²) in [6.45, 7) is 0. The van der Waals surface area contributed by atoms with Crippen molar-refractivity contribution in [2.45, 2.75) is 49.2 Å². The van der Waals surface area contributed by atoms with Crippen LogP contribution in [0.1, 0.15) is 49.3 Å². The summed E-state index contributed by atoms with van der Waals surface area (Å²) in [6.07, 6.45) is -2.79. The second kappa shape index (κ2) is 10.0. The number of carbonyl (C=O) groups is 1. The molecule has 0 heterocycles. The van der Waals surface area contributed by atoms with Crippen molar-refractivity contribution in [2.75, 3.05) is 0 Å². The summed E-state index contributed by atoms with van der Waals surface area (Å²) < 4.78 is 79.1. The van der Waals surface area contributed by atoms with Gasteiger partial charge in [-0.2, -0.15) is 13.2 Å². The molecule has 5 nitrogen and oxygen atoms in total. The highest BCUT2D eigenvalue weighted by atomic mass is 32.2. The summed E-state index contributed by atoms with van der Waals surface area (Å²) in [5.41, 5.74) is -0.472. The first-order chi connectivity index (χ1) is 14.0. The molecule has 0 fully saturated rings. The summed E-state index contributed by atoms with van der Waals surface area (Å²) in [5, 5.41) is 8.68. The largest absolute Gasteiger partial charge is 0.481 e. The van der Waals surface area contributed by atoms with Crippen molar-refractivity contribution >= 4 is 16.0 Å². The fraction of sp³-hybridized carbons (Fsp3) is 0.350. The molecule has 0 saturated heterocycles. The predicted octanol–water partition coefficient (Wildman–Crippen LogP) is 4.90. The van der Waals surface area contributed by atoms with E-state index in [2.05, 4.69) is 4.72 Å². The van der Waals surface area contributed by atoms with Gasteiger partial charge in [0.2, 0.25) is 10.0 Å². The Balaban J connectivity index is 2.16. The van der Waals surface area contributed by atoms with Crippen LogP contribution in [0.4, 0.5) is 17.6 Å². The average Bonchev–Trinajstić information content (AvgIpc) is 2.66. The van der Waals surface area contributed by atoms with Gasteiger partial charge in [0.25, 0.3) is 0 Å². The van der Waals surface area contributed by atoms with Gasteiger partial charge in [0.15, 0.2) is 0 Å². The summed E-state index contributed by atoms with van der Waals surface area (Å²) in [4.78, 5) is 10.3. The van der Waals surface area contributed by atoms with E-state index in [1.165, 1.54) is 24.3 Å². The van der Waals surface area contributed by atoms with E-state index in [1.54, 1.807) is 0 Å². The molecular weight excluding hydrogens is 426 g/mol. The van der Waals surface area contributed by atoms with Gasteiger partial charge in [-0.15, -0.1) is 0 Å². The number of carboxylic acid groups (broad SMARTS) is 1. The van der Waals surface area contributed by atoms with Crippen LogP contribution < -0.4 is 4.72 Å². The molecule has 0 radical (unpaired) electrons. The highest BCUT2D eigenvalue weighted by molar-refractivity contribution is 7.89. The SMILES string of the molecule is O=C(O)CCCCCC(NS(=O)(=O)c1ccc(C(F)(F)F)cc1)c1ccc(F)cc1. The van der Waals surface area contributed by atoms with Crippen molar-refractivity contribution in [3.8, 4) is 0 Å². The van der Waals surface area contributed by atoms with Gasteiger partial charge >= 0.3 is 12.1 Å². The molecule has 1 atom stereocenters. The van der Waals surface area contributed by atoms with Gasteiger partial charge in [0, 0.05) is 12.5 Å². The van der Waals surface area contributed by atoms with Crippen LogP contribution in [-0.2, 0) is 21.0 Å². The topological polar surface area (TPSA) is 83.5 Å². The number of sulfonamides is 1. The fourth-order valence-electron chi connectivity index (χ4n) is 2.87. The average molecular weight is 447 g/mol. The Morgan fingerprint density at radius 1 is 0.967 bits per heavy atom. The van der Waals surface area contributed by atoms with Gasteiger partial charge in [0.05, 0.1) is 10.5 Å². The van der Waals surface area contributed by atoms with E-state index in [0.29, 0.717) is 43.4 Å². The summed E-state index contributed by atoms with van der Waals surface area (Å²) in [6, 6.07) is 7.58. The van der Waals surface area contributed by atoms with Crippen molar-refractivity contribution in [1.82, 2.24) is 4.72 Å². The Labute approximate surface area is 171 Å². The molecule has 2 N–H and O–H groups in total. The maximum absolute atomic E-state index is 13.2. The lowest BCUT2D eigenvalue weighted by atomic mass is 10.0. The smallest absolute Gasteiger partial charge is 0.416 e. The molecular formula is C20H21F4NO4S. The van der Waals surface area contributed by atoms with Crippen LogP contribution in [0.3, 0.4) is 0 Å². The maximum atomic E-state index is 13.2. The van der Waals surface area contributed by atoms with E-state index in [0.717, 1.165) is 12.1 Å². The molecule has 0 aliphatic rings. The minimum Gasteiger partial charge on any atom is -0.481 e. The van der Waals surface area contributed by atoms with Crippen molar-refractivity contribution in [1.29, 1.82) is 0 Å². The van der Waals surface area contributed by atoms with Gasteiger partial charge in [-0.05, 0) is 54.8 Å². The molecule has 0 saturated carbocycles. The highest BCUT2D eigenvalue weighted by Crippen LogP contribution is 2.30. The molecule has 2 rings (SSSR count). The summed E-state index contributed by atoms with van der Waals surface area (Å²) >= 11 is 0. The van der Waals surface area contributed by atoms with E-state index in [4.69, 9.17) is 5.11 Å². The molecule has 0 bridgehead atoms. The van der Waals surface area contributed by atoms with E-state index in [-0.39, 0.29) is 11.3 Å². The van der Waals surface area contributed by atoms with Crippen LogP contribution in [-0.4, -0.2) is 19.5 Å². The van der Waals surface area contributed by atoms with E-state index >= 15 is 0 Å². The Morgan fingerprint density at radius 3 is 2.10 bits per heavy atom. The zero-order valence-electron chi connectivity index (χ0n) is 15.8. The van der Waals surface area contributed by atoms with E-state index in [9.17, 15) is 30.8 Å². The minimum atomic E-state index is -4.58. The predicted molar refractivity (Wildman–Crippen MR) is 102 cm³/mol. The van der Waals surface area contributed by atoms with Crippen LogP contribution in [0.15, 0.2) is 53.4 Å². The first kappa shape index (κ1) is 23.8. The third-order valence-corrected chi connectivity index (χ3v) is 5.93. The third kappa shape index (κ3) is 7.10. The lowest BCUT2D eigenvalue weighted by Crippen LogP contribution is -2.29. The van der Waals surface area contributed by atoms with E-state index in [1.807, 2.05) is 0 Å². The quantitative estimate of drug-likeness (QED) is 0.401. The number of rotatable bonds is 10. The molecule has 0 spiro atoms. The molecule has 2 aromatic rings. The molecule has 0 aliphatic heterocycles. The number of nitrogens with one attached hydrogen (secondary N) is 1. The Hall–Kier alpha value is -2.46. The molecule has 0 aliphatic carbocycles. The molecule has 2 aromatic carbocycles. The maximum Gasteiger partial charge on any atom is 0.416 e. The van der Waals surface area contributed by atoms with Crippen LogP contribution in [0.2, 0.25) is 0 Å². The molecule has 0 amide bonds. The zero-order chi connectivity index (χ0) is 22.4. The fourth-order valence-corrected chi connectivity index (χ4v) is 4.13. The Morgan fingerprint density at radius 2 is 1.57 bits per heavy atom. The number of carboxylic acids is 1. The van der Waals surface area contributed by atoms with Crippen molar-refractivity contribution in [3.05, 3.63) is 65.5 Å². The Bertz CT molecular complexity index is 942. The summed E-state index contributed by atoms with van der Waals surface area (Å²) in [7, 11) is -4.14. The van der Waals surface area contributed by atoms with Crippen LogP contribution in [0.5, 0.6) is 0 Å². The standard InChI is InChI=1S/C20H21F4NO4S/c21-16-10-6-14(7-11-16)18(4-2-1-3-5-19(26)27)25-30(28,29)17-12-8-15(9-13-17)20(22,23)24/h6-13,18,25H,1-5H2,(H,26,27). The van der Waals surface area contributed by atoms with Crippen molar-refractivity contribution in [2.24, 2.45) is 0 Å². The monoisotopic (exact) mass is 447 g/mol. The molecule has 164 valence electrons. The lowest BCUT2D eigenvalue weighted by Gasteiger charge is -2.20. The van der Waals surface area contributed by atoms with Crippen molar-refractivity contribution < 1.29 is 35.9 Å². The number of hydrogen-bond donors (Lipinski definition) is 2. The molecule has 1 unspecified atom stereocenters. The molecule has 30 heavy (non-hydrogen) atoms.